The number of carbonyl (C=O) groups is 2. The fourth-order valence-electron chi connectivity index (χ4n) is 0.396. The van der Waals surface area contributed by atoms with Gasteiger partial charge in [0.2, 0.25) is 0 Å². The molecule has 0 unspecified atom stereocenters. The van der Waals surface area contributed by atoms with E-state index in [9.17, 15) is 9.59 Å². The van der Waals surface area contributed by atoms with E-state index < -0.39 is 12.0 Å². The van der Waals surface area contributed by atoms with E-state index in [0.717, 1.165) is 0 Å². The van der Waals surface area contributed by atoms with Crippen LogP contribution in [0.15, 0.2) is 0 Å². The number of hydrogen-bond acceptors (Lipinski definition) is 2. The Balaban J connectivity index is 3.23. The normalized spacial score (nSPS) is 7.91. The van der Waals surface area contributed by atoms with Crippen LogP contribution in [0.5, 0.6) is 0 Å². The summed E-state index contributed by atoms with van der Waals surface area (Å²) in [5.41, 5.74) is 0. The zero-order valence-electron chi connectivity index (χ0n) is 5.76. The highest BCUT2D eigenvalue weighted by molar-refractivity contribution is 5.92. The molecule has 5 heteroatoms. The van der Waals surface area contributed by atoms with Crippen LogP contribution < -0.4 is 10.6 Å². The van der Waals surface area contributed by atoms with Crippen molar-refractivity contribution in [2.45, 2.75) is 0 Å². The molecule has 0 aromatic rings. The van der Waals surface area contributed by atoms with Gasteiger partial charge in [-0.3, -0.25) is 4.79 Å². The predicted octanol–water partition coefficient (Wildman–Crippen LogP) is -0.997. The Bertz CT molecular complexity index is 194. The molecular weight excluding hydrogens is 148 g/mol. The number of rotatable bonds is 3. The van der Waals surface area contributed by atoms with Crippen LogP contribution in [0.4, 0.5) is 4.79 Å². The summed E-state index contributed by atoms with van der Waals surface area (Å²) in [7, 11) is 0. The smallest absolute Gasteiger partial charge is 0.404 e. The third-order valence-corrected chi connectivity index (χ3v) is 0.818. The lowest BCUT2D eigenvalue weighted by Crippen LogP contribution is -2.33. The van der Waals surface area contributed by atoms with Crippen molar-refractivity contribution in [3.8, 4) is 12.3 Å². The van der Waals surface area contributed by atoms with Crippen LogP contribution in [0, 0.1) is 12.3 Å². The molecule has 0 rings (SSSR count). The number of carbonyl (C=O) groups excluding carboxylic acids is 1. The first-order chi connectivity index (χ1) is 5.16. The number of amides is 2. The molecule has 0 bridgehead atoms. The molecule has 3 N–H and O–H groups in total. The third-order valence-electron chi connectivity index (χ3n) is 0.818. The van der Waals surface area contributed by atoms with Crippen molar-refractivity contribution in [1.82, 2.24) is 10.6 Å². The molecule has 5 nitrogen and oxygen atoms in total. The quantitative estimate of drug-likeness (QED) is 0.362. The van der Waals surface area contributed by atoms with Crippen LogP contribution >= 0.6 is 0 Å². The zero-order chi connectivity index (χ0) is 8.69. The summed E-state index contributed by atoms with van der Waals surface area (Å²) in [6.07, 6.45) is 3.59. The Hall–Kier alpha value is -1.70. The van der Waals surface area contributed by atoms with Crippen molar-refractivity contribution in [3.05, 3.63) is 0 Å². The minimum Gasteiger partial charge on any atom is -0.465 e. The van der Waals surface area contributed by atoms with Gasteiger partial charge in [-0.05, 0) is 5.92 Å². The van der Waals surface area contributed by atoms with Gasteiger partial charge in [-0.2, -0.15) is 0 Å². The minimum atomic E-state index is -1.13. The maximum atomic E-state index is 10.3. The second-order valence-corrected chi connectivity index (χ2v) is 1.63. The maximum absolute atomic E-state index is 10.3. The fourth-order valence-corrected chi connectivity index (χ4v) is 0.396. The maximum Gasteiger partial charge on any atom is 0.404 e. The Morgan fingerprint density at radius 3 is 2.36 bits per heavy atom. The zero-order valence-corrected chi connectivity index (χ0v) is 5.76. The molecule has 0 fully saturated rings. The molecule has 0 aromatic heterocycles. The van der Waals surface area contributed by atoms with E-state index in [-0.39, 0.29) is 13.1 Å². The summed E-state index contributed by atoms with van der Waals surface area (Å²) in [5, 5.41) is 12.4. The first-order valence-corrected chi connectivity index (χ1v) is 2.88. The van der Waals surface area contributed by atoms with E-state index in [1.807, 2.05) is 5.92 Å². The Kier molecular flexibility index (Phi) is 4.32. The van der Waals surface area contributed by atoms with Gasteiger partial charge in [-0.1, -0.05) is 0 Å². The van der Waals surface area contributed by atoms with Crippen molar-refractivity contribution in [1.29, 1.82) is 0 Å². The second kappa shape index (κ2) is 5.11. The topological polar surface area (TPSA) is 78.4 Å². The van der Waals surface area contributed by atoms with Crippen LogP contribution in [0.1, 0.15) is 0 Å². The van der Waals surface area contributed by atoms with E-state index in [2.05, 4.69) is 10.6 Å². The molecule has 0 aliphatic heterocycles. The SMILES string of the molecule is C#CC(=O)NCCNC(=O)O. The first kappa shape index (κ1) is 9.30. The van der Waals surface area contributed by atoms with E-state index in [0.29, 0.717) is 0 Å². The first-order valence-electron chi connectivity index (χ1n) is 2.88. The summed E-state index contributed by atoms with van der Waals surface area (Å²) in [6, 6.07) is 0. The van der Waals surface area contributed by atoms with E-state index in [4.69, 9.17) is 11.5 Å². The van der Waals surface area contributed by atoms with Gasteiger partial charge < -0.3 is 15.7 Å². The summed E-state index contributed by atoms with van der Waals surface area (Å²) in [6.45, 7) is 0.359. The number of hydrogen-bond donors (Lipinski definition) is 3. The Morgan fingerprint density at radius 2 is 1.91 bits per heavy atom. The summed E-state index contributed by atoms with van der Waals surface area (Å²) < 4.78 is 0. The molecule has 0 heterocycles. The van der Waals surface area contributed by atoms with Crippen molar-refractivity contribution >= 4 is 12.0 Å². The van der Waals surface area contributed by atoms with Gasteiger partial charge in [0.15, 0.2) is 0 Å². The highest BCUT2D eigenvalue weighted by Crippen LogP contribution is 1.62. The summed E-state index contributed by atoms with van der Waals surface area (Å²) in [4.78, 5) is 20.2. The molecule has 2 amide bonds. The molecule has 0 radical (unpaired) electrons. The number of carboxylic acid groups (broad SMARTS) is 1. The van der Waals surface area contributed by atoms with E-state index >= 15 is 0 Å². The Labute approximate surface area is 63.8 Å². The van der Waals surface area contributed by atoms with Crippen LogP contribution in [0.3, 0.4) is 0 Å². The summed E-state index contributed by atoms with van der Waals surface area (Å²) >= 11 is 0. The molecule has 0 aliphatic rings. The average Bonchev–Trinajstić information content (AvgIpc) is 1.97. The molecule has 0 aromatic carbocycles. The van der Waals surface area contributed by atoms with Crippen LogP contribution in [0.25, 0.3) is 0 Å². The van der Waals surface area contributed by atoms with E-state index in [1.165, 1.54) is 0 Å². The fraction of sp³-hybridized carbons (Fsp3) is 0.333. The van der Waals surface area contributed by atoms with Crippen LogP contribution in [-0.2, 0) is 4.79 Å². The lowest BCUT2D eigenvalue weighted by atomic mass is 10.5. The molecule has 0 atom stereocenters. The van der Waals surface area contributed by atoms with Crippen molar-refractivity contribution in [2.24, 2.45) is 0 Å². The lowest BCUT2D eigenvalue weighted by Gasteiger charge is -1.99. The molecular formula is C6H8N2O3. The van der Waals surface area contributed by atoms with Gasteiger partial charge in [-0.25, -0.2) is 4.79 Å². The van der Waals surface area contributed by atoms with Crippen molar-refractivity contribution in [3.63, 3.8) is 0 Å². The molecule has 0 saturated heterocycles. The van der Waals surface area contributed by atoms with Crippen LogP contribution in [-0.4, -0.2) is 30.2 Å². The van der Waals surface area contributed by atoms with Gasteiger partial charge >= 0.3 is 6.09 Å². The van der Waals surface area contributed by atoms with Crippen molar-refractivity contribution < 1.29 is 14.7 Å². The second-order valence-electron chi connectivity index (χ2n) is 1.63. The highest BCUT2D eigenvalue weighted by atomic mass is 16.4. The van der Waals surface area contributed by atoms with Gasteiger partial charge in [0.05, 0.1) is 0 Å². The highest BCUT2D eigenvalue weighted by Gasteiger charge is 1.94. The molecule has 0 spiro atoms. The average molecular weight is 156 g/mol. The molecule has 0 saturated carbocycles. The largest absolute Gasteiger partial charge is 0.465 e. The molecule has 0 aliphatic carbocycles. The lowest BCUT2D eigenvalue weighted by molar-refractivity contribution is -0.115. The number of terminal acetylenes is 1. The van der Waals surface area contributed by atoms with Gasteiger partial charge in [0, 0.05) is 13.1 Å². The minimum absolute atomic E-state index is 0.156. The standard InChI is InChI=1S/C6H8N2O3/c1-2-5(9)7-3-4-8-6(10)11/h1,8H,3-4H2,(H,7,9)(H,10,11). The van der Waals surface area contributed by atoms with Crippen molar-refractivity contribution in [2.75, 3.05) is 13.1 Å². The third kappa shape index (κ3) is 6.18. The van der Waals surface area contributed by atoms with E-state index in [1.54, 1.807) is 0 Å². The van der Waals surface area contributed by atoms with Gasteiger partial charge in [0.1, 0.15) is 0 Å². The van der Waals surface area contributed by atoms with Gasteiger partial charge in [0.25, 0.3) is 5.91 Å². The number of nitrogens with one attached hydrogen (secondary N) is 2. The van der Waals surface area contributed by atoms with Crippen LogP contribution in [0.2, 0.25) is 0 Å². The molecule has 60 valence electrons. The molecule has 11 heavy (non-hydrogen) atoms. The van der Waals surface area contributed by atoms with Gasteiger partial charge in [-0.15, -0.1) is 6.42 Å². The Morgan fingerprint density at radius 1 is 1.36 bits per heavy atom. The monoisotopic (exact) mass is 156 g/mol. The summed E-state index contributed by atoms with van der Waals surface area (Å²) in [5.74, 6) is 1.28. The predicted molar refractivity (Wildman–Crippen MR) is 37.9 cm³/mol.